The summed E-state index contributed by atoms with van der Waals surface area (Å²) < 4.78 is 5.17. The van der Waals surface area contributed by atoms with Crippen molar-refractivity contribution in [3.05, 3.63) is 23.8 Å². The van der Waals surface area contributed by atoms with Crippen LogP contribution in [0.2, 0.25) is 0 Å². The molecule has 19 heavy (non-hydrogen) atoms. The monoisotopic (exact) mass is 262 g/mol. The molecule has 0 aliphatic carbocycles. The Morgan fingerprint density at radius 1 is 1.32 bits per heavy atom. The summed E-state index contributed by atoms with van der Waals surface area (Å²) in [5, 5.41) is 9.64. The second-order valence-corrected chi connectivity index (χ2v) is 5.80. The Morgan fingerprint density at radius 3 is 2.63 bits per heavy atom. The molecule has 0 spiro atoms. The zero-order valence-corrected chi connectivity index (χ0v) is 11.4. The molecular weight excluding hydrogens is 240 g/mol. The first-order chi connectivity index (χ1) is 9.17. The van der Waals surface area contributed by atoms with Crippen LogP contribution in [0.4, 0.5) is 0 Å². The third kappa shape index (κ3) is 2.42. The van der Waals surface area contributed by atoms with E-state index in [0.29, 0.717) is 23.9 Å². The van der Waals surface area contributed by atoms with Gasteiger partial charge >= 0.3 is 0 Å². The Morgan fingerprint density at radius 2 is 2.00 bits per heavy atom. The van der Waals surface area contributed by atoms with E-state index in [0.717, 1.165) is 19.4 Å². The van der Waals surface area contributed by atoms with Crippen LogP contribution in [0.3, 0.4) is 0 Å². The molecule has 2 aliphatic heterocycles. The van der Waals surface area contributed by atoms with E-state index in [1.165, 1.54) is 18.4 Å². The van der Waals surface area contributed by atoms with Gasteiger partial charge in [0.1, 0.15) is 0 Å². The third-order valence-electron chi connectivity index (χ3n) is 4.53. The Balaban J connectivity index is 1.75. The van der Waals surface area contributed by atoms with Crippen LogP contribution in [0.1, 0.15) is 31.2 Å². The van der Waals surface area contributed by atoms with E-state index >= 15 is 0 Å². The van der Waals surface area contributed by atoms with Gasteiger partial charge in [-0.3, -0.25) is 4.90 Å². The molecule has 2 unspecified atom stereocenters. The number of hydrogen-bond acceptors (Lipinski definition) is 4. The summed E-state index contributed by atoms with van der Waals surface area (Å²) >= 11 is 0. The van der Waals surface area contributed by atoms with Crippen molar-refractivity contribution in [2.24, 2.45) is 5.73 Å². The van der Waals surface area contributed by atoms with Gasteiger partial charge in [-0.15, -0.1) is 0 Å². The predicted octanol–water partition coefficient (Wildman–Crippen LogP) is 1.85. The summed E-state index contributed by atoms with van der Waals surface area (Å²) in [6.45, 7) is 0.929. The summed E-state index contributed by atoms with van der Waals surface area (Å²) in [5.74, 6) is 0.758. The van der Waals surface area contributed by atoms with Gasteiger partial charge in [-0.05, 0) is 43.4 Å². The fourth-order valence-corrected chi connectivity index (χ4v) is 3.61. The minimum absolute atomic E-state index is 0.204. The Hall–Kier alpha value is -1.26. The molecular formula is C15H22N2O2. The number of hydrogen-bond donors (Lipinski definition) is 2. The number of ether oxygens (including phenoxy) is 1. The maximum atomic E-state index is 9.64. The molecule has 1 aromatic rings. The Labute approximate surface area is 114 Å². The first-order valence-corrected chi connectivity index (χ1v) is 7.04. The van der Waals surface area contributed by atoms with Gasteiger partial charge in [0.15, 0.2) is 11.5 Å². The number of phenols is 1. The van der Waals surface area contributed by atoms with Crippen LogP contribution in [-0.2, 0) is 6.54 Å². The number of methoxy groups -OCH3 is 1. The maximum absolute atomic E-state index is 9.64. The van der Waals surface area contributed by atoms with Gasteiger partial charge in [-0.1, -0.05) is 6.07 Å². The number of benzene rings is 1. The minimum Gasteiger partial charge on any atom is -0.504 e. The van der Waals surface area contributed by atoms with E-state index in [4.69, 9.17) is 10.5 Å². The largest absolute Gasteiger partial charge is 0.504 e. The smallest absolute Gasteiger partial charge is 0.160 e. The van der Waals surface area contributed by atoms with Crippen LogP contribution in [-0.4, -0.2) is 35.2 Å². The van der Waals surface area contributed by atoms with Gasteiger partial charge < -0.3 is 15.6 Å². The van der Waals surface area contributed by atoms with Crippen molar-refractivity contribution in [1.82, 2.24) is 4.90 Å². The lowest BCUT2D eigenvalue weighted by molar-refractivity contribution is 0.120. The molecule has 4 nitrogen and oxygen atoms in total. The summed E-state index contributed by atoms with van der Waals surface area (Å²) in [6, 6.07) is 7.27. The van der Waals surface area contributed by atoms with Crippen molar-refractivity contribution >= 4 is 0 Å². The van der Waals surface area contributed by atoms with Crippen LogP contribution in [0, 0.1) is 0 Å². The molecule has 2 atom stereocenters. The molecule has 2 fully saturated rings. The first kappa shape index (κ1) is 12.8. The molecule has 3 rings (SSSR count). The van der Waals surface area contributed by atoms with Gasteiger partial charge in [0, 0.05) is 24.7 Å². The lowest BCUT2D eigenvalue weighted by Gasteiger charge is -2.37. The molecule has 0 saturated carbocycles. The van der Waals surface area contributed by atoms with E-state index in [-0.39, 0.29) is 5.75 Å². The Kier molecular flexibility index (Phi) is 3.37. The highest BCUT2D eigenvalue weighted by atomic mass is 16.5. The Bertz CT molecular complexity index is 449. The van der Waals surface area contributed by atoms with Gasteiger partial charge in [-0.2, -0.15) is 0 Å². The summed E-state index contributed by atoms with van der Waals surface area (Å²) in [4.78, 5) is 2.58. The van der Waals surface area contributed by atoms with Crippen molar-refractivity contribution in [3.63, 3.8) is 0 Å². The number of fused-ring (bicyclic) bond motifs is 2. The molecule has 2 saturated heterocycles. The van der Waals surface area contributed by atoms with E-state index in [1.54, 1.807) is 13.2 Å². The molecule has 3 N–H and O–H groups in total. The van der Waals surface area contributed by atoms with Gasteiger partial charge in [0.2, 0.25) is 0 Å². The third-order valence-corrected chi connectivity index (χ3v) is 4.53. The van der Waals surface area contributed by atoms with Crippen LogP contribution >= 0.6 is 0 Å². The SMILES string of the molecule is COc1cc(CN2C3CCC2CC(N)C3)ccc1O. The molecule has 0 radical (unpaired) electrons. The molecule has 4 heteroatoms. The van der Waals surface area contributed by atoms with Gasteiger partial charge in [-0.25, -0.2) is 0 Å². The van der Waals surface area contributed by atoms with Crippen molar-refractivity contribution < 1.29 is 9.84 Å². The lowest BCUT2D eigenvalue weighted by atomic mass is 9.97. The molecule has 1 aromatic carbocycles. The fourth-order valence-electron chi connectivity index (χ4n) is 3.61. The zero-order chi connectivity index (χ0) is 13.4. The first-order valence-electron chi connectivity index (χ1n) is 7.04. The zero-order valence-electron chi connectivity index (χ0n) is 11.4. The number of aromatic hydroxyl groups is 1. The van der Waals surface area contributed by atoms with Crippen LogP contribution < -0.4 is 10.5 Å². The van der Waals surface area contributed by atoms with Gasteiger partial charge in [0.05, 0.1) is 7.11 Å². The molecule has 104 valence electrons. The second-order valence-electron chi connectivity index (χ2n) is 5.80. The second kappa shape index (κ2) is 5.02. The lowest BCUT2D eigenvalue weighted by Crippen LogP contribution is -2.46. The highest BCUT2D eigenvalue weighted by Crippen LogP contribution is 2.37. The molecule has 2 heterocycles. The molecule has 0 amide bonds. The number of phenolic OH excluding ortho intramolecular Hbond substituents is 1. The molecule has 0 aromatic heterocycles. The fraction of sp³-hybridized carbons (Fsp3) is 0.600. The number of piperidine rings is 1. The van der Waals surface area contributed by atoms with Crippen molar-refractivity contribution in [2.75, 3.05) is 7.11 Å². The normalized spacial score (nSPS) is 30.5. The number of rotatable bonds is 3. The highest BCUT2D eigenvalue weighted by Gasteiger charge is 2.39. The maximum Gasteiger partial charge on any atom is 0.160 e. The summed E-state index contributed by atoms with van der Waals surface area (Å²) in [6.07, 6.45) is 4.78. The average Bonchev–Trinajstić information content (AvgIpc) is 2.63. The van der Waals surface area contributed by atoms with E-state index in [1.807, 2.05) is 12.1 Å². The quantitative estimate of drug-likeness (QED) is 0.873. The summed E-state index contributed by atoms with van der Waals surface area (Å²) in [7, 11) is 1.59. The predicted molar refractivity (Wildman–Crippen MR) is 74.2 cm³/mol. The van der Waals surface area contributed by atoms with E-state index in [2.05, 4.69) is 4.90 Å². The standard InChI is InChI=1S/C15H22N2O2/c1-19-15-6-10(2-5-14(15)18)9-17-12-3-4-13(17)8-11(16)7-12/h2,5-6,11-13,18H,3-4,7-9,16H2,1H3. The minimum atomic E-state index is 0.204. The van der Waals surface area contributed by atoms with Crippen LogP contribution in [0.25, 0.3) is 0 Å². The van der Waals surface area contributed by atoms with Crippen molar-refractivity contribution in [2.45, 2.75) is 50.4 Å². The number of nitrogens with two attached hydrogens (primary N) is 1. The van der Waals surface area contributed by atoms with E-state index < -0.39 is 0 Å². The molecule has 2 aliphatic rings. The molecule has 2 bridgehead atoms. The van der Waals surface area contributed by atoms with Crippen molar-refractivity contribution in [3.8, 4) is 11.5 Å². The van der Waals surface area contributed by atoms with Gasteiger partial charge in [0.25, 0.3) is 0 Å². The average molecular weight is 262 g/mol. The highest BCUT2D eigenvalue weighted by molar-refractivity contribution is 5.41. The number of nitrogens with zero attached hydrogens (tertiary/aromatic N) is 1. The van der Waals surface area contributed by atoms with E-state index in [9.17, 15) is 5.11 Å². The van der Waals surface area contributed by atoms with Crippen LogP contribution in [0.5, 0.6) is 11.5 Å². The topological polar surface area (TPSA) is 58.7 Å². The van der Waals surface area contributed by atoms with Crippen molar-refractivity contribution in [1.29, 1.82) is 0 Å². The summed E-state index contributed by atoms with van der Waals surface area (Å²) in [5.41, 5.74) is 7.29. The van der Waals surface area contributed by atoms with Crippen LogP contribution in [0.15, 0.2) is 18.2 Å².